The molecular formula is C86H88Cl4F2N20O4. The fourth-order valence-corrected chi connectivity index (χ4v) is 15.7. The zero-order chi connectivity index (χ0) is 84.2. The molecule has 0 N–H and O–H groups in total. The molecule has 24 nitrogen and oxygen atoms in total. The molecule has 8 aromatic rings. The summed E-state index contributed by atoms with van der Waals surface area (Å²) in [5.74, 6) is 4.94. The molecule has 2 aromatic carbocycles. The van der Waals surface area contributed by atoms with Crippen LogP contribution in [-0.2, 0) is 14.4 Å². The number of pyridine rings is 4. The quantitative estimate of drug-likeness (QED) is 0.0590. The molecule has 6 aromatic heterocycles. The number of piperazine rings is 3. The zero-order valence-electron chi connectivity index (χ0n) is 66.4. The Labute approximate surface area is 693 Å². The Morgan fingerprint density at radius 2 is 1.16 bits per heavy atom. The van der Waals surface area contributed by atoms with Crippen molar-refractivity contribution in [2.24, 2.45) is 15.4 Å². The summed E-state index contributed by atoms with van der Waals surface area (Å²) in [5, 5.41) is 20.1. The summed E-state index contributed by atoms with van der Waals surface area (Å²) in [6.45, 7) is 45.4. The van der Waals surface area contributed by atoms with Gasteiger partial charge in [-0.25, -0.2) is 53.0 Å². The van der Waals surface area contributed by atoms with E-state index in [0.717, 1.165) is 11.3 Å². The zero-order valence-corrected chi connectivity index (χ0v) is 69.5. The topological polar surface area (TPSA) is 262 Å². The van der Waals surface area contributed by atoms with Crippen molar-refractivity contribution >= 4 is 110 Å². The molecule has 5 aliphatic rings. The number of carbonyl (C=O) groups excluding carboxylic acids is 3. The van der Waals surface area contributed by atoms with Crippen molar-refractivity contribution in [1.82, 2.24) is 64.0 Å². The second kappa shape index (κ2) is 35.6. The average Bonchev–Trinajstić information content (AvgIpc) is 0.739. The largest absolute Gasteiger partial charge is 0.355 e. The molecule has 0 saturated carbocycles. The monoisotopic (exact) mass is 1640 g/mol. The van der Waals surface area contributed by atoms with E-state index in [1.165, 1.54) is 34.9 Å². The predicted molar refractivity (Wildman–Crippen MR) is 453 cm³/mol. The van der Waals surface area contributed by atoms with Gasteiger partial charge in [0.05, 0.1) is 108 Å². The molecule has 3 fully saturated rings. The molecule has 0 spiro atoms. The summed E-state index contributed by atoms with van der Waals surface area (Å²) in [6.07, 6.45) is 11.5. The number of terminal acetylenes is 1. The molecule has 598 valence electrons. The van der Waals surface area contributed by atoms with Gasteiger partial charge in [0.2, 0.25) is 23.5 Å². The van der Waals surface area contributed by atoms with E-state index in [4.69, 9.17) is 72.8 Å². The van der Waals surface area contributed by atoms with Crippen molar-refractivity contribution in [3.63, 3.8) is 0 Å². The molecule has 0 bridgehead atoms. The second-order valence-electron chi connectivity index (χ2n) is 30.3. The highest BCUT2D eigenvalue weighted by Gasteiger charge is 2.42. The van der Waals surface area contributed by atoms with E-state index in [2.05, 4.69) is 102 Å². The van der Waals surface area contributed by atoms with Crippen molar-refractivity contribution in [2.45, 2.75) is 125 Å². The molecule has 4 atom stereocenters. The summed E-state index contributed by atoms with van der Waals surface area (Å²) >= 11 is 26.2. The molecule has 4 unspecified atom stereocenters. The predicted octanol–water partition coefficient (Wildman–Crippen LogP) is 15.5. The average molecular weight is 1650 g/mol. The van der Waals surface area contributed by atoms with Crippen LogP contribution < -0.4 is 20.4 Å². The SMILES string of the molecule is C#Cc1nc(C)c(N2C(=C)N=C(N3CC(C)N(C(=O)C=C)CC3C)c3cc(Cl)c(-c4ccccc4F)nc32)c(C(C)C)n1.C=CC(=O)N1CCN(C2=NC(=C)N(CC(C)(C)C)c3nc(-c4ccccc4F)c(Cl)cc32)CC1CC#N.C=CC(=O)N1CCN(c2nc(=O)n(-c3c(C)ccnc3C(C)C)c3nc(Cl)c(Cl)cc23)CC1CC#N. The third kappa shape index (κ3) is 17.4. The van der Waals surface area contributed by atoms with Gasteiger partial charge in [-0.05, 0) is 123 Å². The fourth-order valence-electron chi connectivity index (χ4n) is 14.9. The maximum atomic E-state index is 15.1. The first-order chi connectivity index (χ1) is 55.2. The summed E-state index contributed by atoms with van der Waals surface area (Å²) in [7, 11) is 0. The summed E-state index contributed by atoms with van der Waals surface area (Å²) in [5.41, 5.74) is 6.34. The van der Waals surface area contributed by atoms with Gasteiger partial charge in [-0.3, -0.25) is 24.3 Å². The molecule has 11 heterocycles. The Hall–Kier alpha value is -11.7. The highest BCUT2D eigenvalue weighted by atomic mass is 35.5. The number of rotatable bonds is 13. The number of amidine groups is 2. The molecule has 13 rings (SSSR count). The fraction of sp³-hybridized carbons (Fsp3) is 0.337. The van der Waals surface area contributed by atoms with Crippen molar-refractivity contribution < 1.29 is 23.2 Å². The molecule has 116 heavy (non-hydrogen) atoms. The van der Waals surface area contributed by atoms with E-state index in [1.807, 2.05) is 76.2 Å². The highest BCUT2D eigenvalue weighted by Crippen LogP contribution is 2.46. The number of amides is 3. The molecule has 0 radical (unpaired) electrons. The van der Waals surface area contributed by atoms with Crippen LogP contribution in [0.1, 0.15) is 127 Å². The van der Waals surface area contributed by atoms with Gasteiger partial charge in [-0.2, -0.15) is 15.5 Å². The number of aryl methyl sites for hydroxylation is 2. The summed E-state index contributed by atoms with van der Waals surface area (Å²) < 4.78 is 31.2. The number of hydrogen-bond acceptors (Lipinski definition) is 20. The Bertz CT molecular complexity index is 5580. The lowest BCUT2D eigenvalue weighted by molar-refractivity contribution is -0.131. The minimum atomic E-state index is -0.539. The number of nitrogens with zero attached hydrogens (tertiary/aromatic N) is 20. The van der Waals surface area contributed by atoms with Crippen LogP contribution in [0.3, 0.4) is 0 Å². The number of halogens is 6. The van der Waals surface area contributed by atoms with Gasteiger partial charge in [-0.15, -0.1) is 6.42 Å². The van der Waals surface area contributed by atoms with Crippen LogP contribution in [-0.4, -0.2) is 176 Å². The maximum absolute atomic E-state index is 15.1. The normalized spacial score (nSPS) is 17.4. The van der Waals surface area contributed by atoms with Crippen LogP contribution in [0.25, 0.3) is 39.2 Å². The van der Waals surface area contributed by atoms with E-state index >= 15 is 4.39 Å². The van der Waals surface area contributed by atoms with Crippen molar-refractivity contribution in [2.75, 3.05) is 73.6 Å². The third-order valence-electron chi connectivity index (χ3n) is 20.3. The maximum Gasteiger partial charge on any atom is 0.355 e. The first-order valence-electron chi connectivity index (χ1n) is 37.6. The van der Waals surface area contributed by atoms with E-state index in [-0.39, 0.29) is 98.2 Å². The summed E-state index contributed by atoms with van der Waals surface area (Å²) in [4.78, 5) is 108. The van der Waals surface area contributed by atoms with Gasteiger partial charge in [0.25, 0.3) is 0 Å². The van der Waals surface area contributed by atoms with Gasteiger partial charge in [0.1, 0.15) is 51.7 Å². The highest BCUT2D eigenvalue weighted by molar-refractivity contribution is 6.42. The smallest absolute Gasteiger partial charge is 0.352 e. The van der Waals surface area contributed by atoms with Crippen LogP contribution in [0.15, 0.2) is 157 Å². The van der Waals surface area contributed by atoms with Crippen LogP contribution in [0, 0.1) is 65.9 Å². The lowest BCUT2D eigenvalue weighted by atomic mass is 9.95. The van der Waals surface area contributed by atoms with Crippen LogP contribution >= 0.6 is 46.4 Å². The molecular weight excluding hydrogens is 1560 g/mol. The van der Waals surface area contributed by atoms with Crippen LogP contribution in [0.5, 0.6) is 0 Å². The Balaban J connectivity index is 0.000000172. The first-order valence-corrected chi connectivity index (χ1v) is 39.1. The van der Waals surface area contributed by atoms with Crippen LogP contribution in [0.2, 0.25) is 20.2 Å². The number of hydrogen-bond donors (Lipinski definition) is 0. The van der Waals surface area contributed by atoms with Crippen molar-refractivity contribution in [1.29, 1.82) is 10.5 Å². The van der Waals surface area contributed by atoms with Gasteiger partial charge in [0.15, 0.2) is 11.5 Å². The molecule has 3 saturated heterocycles. The number of carbonyl (C=O) groups is 3. The van der Waals surface area contributed by atoms with Gasteiger partial charge >= 0.3 is 5.69 Å². The molecule has 5 aliphatic heterocycles. The number of aromatic nitrogens is 8. The summed E-state index contributed by atoms with van der Waals surface area (Å²) in [6, 6.07) is 23.2. The molecule has 30 heteroatoms. The second-order valence-corrected chi connectivity index (χ2v) is 31.9. The number of fused-ring (bicyclic) bond motifs is 3. The molecule has 0 aliphatic carbocycles. The Morgan fingerprint density at radius 1 is 0.621 bits per heavy atom. The number of aliphatic imine (C=N–C) groups is 2. The standard InChI is InChI=1S/C33H33ClFN7O.C28H30ClFN6O.C25H25Cl2N7O2/c1-9-27-36-21(7)31(29(38-27)18(3)4)42-22(8)37-32(41-17-19(5)40(16-20(41)6)28(43)10-2)24-15-25(34)30(39-33(24)42)23-13-11-12-14-26(23)35;1-6-24(37)35-14-13-34(16-19(35)11-12-31)26-21-15-22(29)25(20-9-7-8-10-23(20)30)33-27(21)36(18(2)32-26)17-28(3,4)5;1-5-19(35)33-11-10-32(13-16(33)6-8-28)23-17-12-18(26)22(27)30-24(17)34(25(36)31-23)21-15(4)7-9-29-20(21)14(2)3/h1,10-15,18-20H,2,8,16-17H2,3-7H3;6-10,15,19H,1-2,11,13-14,16-17H2,3-5H3;5,7,9,12,14,16H,1,6,10-11,13H2,2-4H3. The van der Waals surface area contributed by atoms with Crippen LogP contribution in [0.4, 0.5) is 31.9 Å². The number of benzene rings is 2. The number of nitriles is 2. The van der Waals surface area contributed by atoms with Crippen molar-refractivity contribution in [3.8, 4) is 52.7 Å². The van der Waals surface area contributed by atoms with Gasteiger partial charge in [0, 0.05) is 88.3 Å². The Kier molecular flexibility index (Phi) is 26.1. The van der Waals surface area contributed by atoms with Gasteiger partial charge < -0.3 is 34.3 Å². The number of anilines is 4. The van der Waals surface area contributed by atoms with Gasteiger partial charge in [-0.1, -0.05) is 152 Å². The minimum absolute atomic E-state index is 0.0277. The third-order valence-corrected chi connectivity index (χ3v) is 21.6. The van der Waals surface area contributed by atoms with Crippen molar-refractivity contribution in [3.05, 3.63) is 224 Å². The van der Waals surface area contributed by atoms with E-state index in [9.17, 15) is 34.1 Å². The van der Waals surface area contributed by atoms with E-state index in [1.54, 1.807) is 80.4 Å². The first kappa shape index (κ1) is 85.2. The van der Waals surface area contributed by atoms with E-state index < -0.39 is 23.4 Å². The Morgan fingerprint density at radius 3 is 1.70 bits per heavy atom. The minimum Gasteiger partial charge on any atom is -0.352 e. The lowest BCUT2D eigenvalue weighted by Crippen LogP contribution is -2.59. The van der Waals surface area contributed by atoms with E-state index in [0.29, 0.717) is 161 Å². The molecule has 3 amide bonds. The lowest BCUT2D eigenvalue weighted by Gasteiger charge is -2.46.